The van der Waals surface area contributed by atoms with E-state index in [1.54, 1.807) is 12.1 Å². The molecule has 0 saturated carbocycles. The average molecular weight is 537 g/mol. The molecule has 0 bridgehead atoms. The molecule has 6 aromatic rings. The third-order valence-electron chi connectivity index (χ3n) is 7.04. The predicted molar refractivity (Wildman–Crippen MR) is 168 cm³/mol. The van der Waals surface area contributed by atoms with Gasteiger partial charge in [-0.15, -0.1) is 0 Å². The molecule has 0 unspecified atom stereocenters. The summed E-state index contributed by atoms with van der Waals surface area (Å²) in [6.07, 6.45) is 0. The number of ether oxygens (including phenoxy) is 1. The van der Waals surface area contributed by atoms with Gasteiger partial charge in [0.2, 0.25) is 0 Å². The van der Waals surface area contributed by atoms with Crippen LogP contribution in [0, 0.1) is 0 Å². The van der Waals surface area contributed by atoms with Crippen LogP contribution in [0.2, 0.25) is 0 Å². The van der Waals surface area contributed by atoms with E-state index in [2.05, 4.69) is 0 Å². The molecule has 0 aromatic heterocycles. The molecule has 0 aliphatic rings. The Morgan fingerprint density at radius 2 is 0.878 bits per heavy atom. The zero-order valence-corrected chi connectivity index (χ0v) is 22.7. The van der Waals surface area contributed by atoms with Crippen LogP contribution in [-0.4, -0.2) is 21.6 Å². The highest BCUT2D eigenvalue weighted by Crippen LogP contribution is 2.32. The van der Waals surface area contributed by atoms with Crippen molar-refractivity contribution in [3.63, 3.8) is 0 Å². The lowest BCUT2D eigenvalue weighted by molar-refractivity contribution is 0.474. The Bertz CT molecular complexity index is 1800. The molecule has 5 heteroatoms. The summed E-state index contributed by atoms with van der Waals surface area (Å²) < 4.78 is 6.04. The van der Waals surface area contributed by atoms with E-state index in [0.29, 0.717) is 11.5 Å². The third-order valence-corrected chi connectivity index (χ3v) is 7.04. The van der Waals surface area contributed by atoms with Gasteiger partial charge in [0.1, 0.15) is 23.0 Å². The van der Waals surface area contributed by atoms with Crippen molar-refractivity contribution >= 4 is 44.3 Å². The second-order valence-corrected chi connectivity index (χ2v) is 9.85. The maximum Gasteiger partial charge on any atom is 0.127 e. The first-order chi connectivity index (χ1) is 20.0. The third kappa shape index (κ3) is 5.38. The van der Waals surface area contributed by atoms with Gasteiger partial charge in [-0.2, -0.15) is 0 Å². The van der Waals surface area contributed by atoms with E-state index in [9.17, 15) is 10.2 Å². The van der Waals surface area contributed by atoms with Crippen LogP contribution in [0.3, 0.4) is 0 Å². The van der Waals surface area contributed by atoms with Crippen molar-refractivity contribution in [1.82, 2.24) is 0 Å². The highest BCUT2D eigenvalue weighted by Gasteiger charge is 2.11. The lowest BCUT2D eigenvalue weighted by Gasteiger charge is -2.10. The van der Waals surface area contributed by atoms with Gasteiger partial charge in [0.25, 0.3) is 0 Å². The fourth-order valence-corrected chi connectivity index (χ4v) is 5.09. The van der Waals surface area contributed by atoms with Crippen LogP contribution in [0.1, 0.15) is 25.0 Å². The van der Waals surface area contributed by atoms with E-state index < -0.39 is 0 Å². The molecule has 0 aliphatic carbocycles. The SMILES string of the molecule is CC(=Nc1ccc(Oc2ccc(N=C(C)c3c(O)ccc4ccccc34)cc2)cc1)c1c(O)ccc2ccccc12. The zero-order valence-electron chi connectivity index (χ0n) is 22.7. The Hall–Kier alpha value is -5.42. The highest BCUT2D eigenvalue weighted by molar-refractivity contribution is 6.13. The van der Waals surface area contributed by atoms with Gasteiger partial charge in [-0.05, 0) is 96.1 Å². The molecule has 0 atom stereocenters. The zero-order chi connectivity index (χ0) is 28.3. The van der Waals surface area contributed by atoms with Gasteiger partial charge in [-0.1, -0.05) is 60.7 Å². The minimum atomic E-state index is 0.210. The molecule has 5 nitrogen and oxygen atoms in total. The molecule has 0 aliphatic heterocycles. The van der Waals surface area contributed by atoms with Crippen LogP contribution in [0.15, 0.2) is 131 Å². The molecule has 0 fully saturated rings. The summed E-state index contributed by atoms with van der Waals surface area (Å²) in [5.74, 6) is 1.79. The lowest BCUT2D eigenvalue weighted by atomic mass is 10.0. The molecular formula is C36H28N2O3. The van der Waals surface area contributed by atoms with E-state index in [1.807, 2.05) is 123 Å². The summed E-state index contributed by atoms with van der Waals surface area (Å²) in [4.78, 5) is 9.49. The Kier molecular flexibility index (Phi) is 6.92. The molecule has 2 N–H and O–H groups in total. The molecule has 0 amide bonds. The number of hydrogen-bond donors (Lipinski definition) is 2. The molecule has 6 aromatic carbocycles. The largest absolute Gasteiger partial charge is 0.507 e. The molecule has 0 radical (unpaired) electrons. The minimum Gasteiger partial charge on any atom is -0.507 e. The fraction of sp³-hybridized carbons (Fsp3) is 0.0556. The monoisotopic (exact) mass is 536 g/mol. The number of nitrogens with zero attached hydrogens (tertiary/aromatic N) is 2. The Morgan fingerprint density at radius 1 is 0.488 bits per heavy atom. The summed E-state index contributed by atoms with van der Waals surface area (Å²) in [5.41, 5.74) is 4.46. The van der Waals surface area contributed by atoms with Gasteiger partial charge in [-0.3, -0.25) is 9.98 Å². The van der Waals surface area contributed by atoms with E-state index >= 15 is 0 Å². The normalized spacial score (nSPS) is 12.1. The first-order valence-electron chi connectivity index (χ1n) is 13.4. The Morgan fingerprint density at radius 3 is 1.29 bits per heavy atom. The van der Waals surface area contributed by atoms with Crippen LogP contribution < -0.4 is 4.74 Å². The average Bonchev–Trinajstić information content (AvgIpc) is 2.99. The summed E-state index contributed by atoms with van der Waals surface area (Å²) in [7, 11) is 0. The smallest absolute Gasteiger partial charge is 0.127 e. The predicted octanol–water partition coefficient (Wildman–Crippen LogP) is 9.48. The Balaban J connectivity index is 1.18. The van der Waals surface area contributed by atoms with Gasteiger partial charge >= 0.3 is 0 Å². The van der Waals surface area contributed by atoms with Gasteiger partial charge in [-0.25, -0.2) is 0 Å². The van der Waals surface area contributed by atoms with Crippen molar-refractivity contribution in [2.45, 2.75) is 13.8 Å². The maximum atomic E-state index is 10.5. The van der Waals surface area contributed by atoms with E-state index in [4.69, 9.17) is 14.7 Å². The van der Waals surface area contributed by atoms with Crippen molar-refractivity contribution in [2.75, 3.05) is 0 Å². The number of rotatable bonds is 6. The molecule has 6 rings (SSSR count). The first-order valence-corrected chi connectivity index (χ1v) is 13.4. The van der Waals surface area contributed by atoms with Crippen molar-refractivity contribution in [3.8, 4) is 23.0 Å². The number of fused-ring (bicyclic) bond motifs is 2. The van der Waals surface area contributed by atoms with Crippen LogP contribution in [-0.2, 0) is 0 Å². The topological polar surface area (TPSA) is 74.4 Å². The van der Waals surface area contributed by atoms with E-state index in [-0.39, 0.29) is 11.5 Å². The van der Waals surface area contributed by atoms with Crippen LogP contribution in [0.25, 0.3) is 21.5 Å². The van der Waals surface area contributed by atoms with E-state index in [1.165, 1.54) is 0 Å². The van der Waals surface area contributed by atoms with Crippen molar-refractivity contribution < 1.29 is 14.9 Å². The van der Waals surface area contributed by atoms with Gasteiger partial charge in [0.05, 0.1) is 11.4 Å². The lowest BCUT2D eigenvalue weighted by Crippen LogP contribution is -1.96. The molecular weight excluding hydrogens is 508 g/mol. The number of aliphatic imine (C=N–C) groups is 2. The summed E-state index contributed by atoms with van der Waals surface area (Å²) in [6, 6.07) is 38.2. The molecule has 0 heterocycles. The summed E-state index contributed by atoms with van der Waals surface area (Å²) in [5, 5.41) is 25.1. The molecule has 0 spiro atoms. The van der Waals surface area contributed by atoms with Crippen molar-refractivity contribution in [3.05, 3.63) is 132 Å². The second-order valence-electron chi connectivity index (χ2n) is 9.85. The van der Waals surface area contributed by atoms with Crippen molar-refractivity contribution in [1.29, 1.82) is 0 Å². The quantitative estimate of drug-likeness (QED) is 0.208. The van der Waals surface area contributed by atoms with Gasteiger partial charge < -0.3 is 14.9 Å². The highest BCUT2D eigenvalue weighted by atomic mass is 16.5. The van der Waals surface area contributed by atoms with E-state index in [0.717, 1.165) is 55.5 Å². The standard InChI is InChI=1S/C36H28N2O3/c1-23(35-31-9-5-3-7-25(31)11-21-33(35)39)37-27-13-17-29(18-14-27)41-30-19-15-28(16-20-30)38-24(2)36-32-10-6-4-8-26(32)12-22-34(36)40/h3-22,39-40H,1-2H3. The number of benzene rings is 6. The summed E-state index contributed by atoms with van der Waals surface area (Å²) in [6.45, 7) is 3.80. The molecule has 41 heavy (non-hydrogen) atoms. The number of hydrogen-bond acceptors (Lipinski definition) is 5. The maximum absolute atomic E-state index is 10.5. The molecule has 0 saturated heterocycles. The Labute approximate surface area is 238 Å². The van der Waals surface area contributed by atoms with Gasteiger partial charge in [0, 0.05) is 22.6 Å². The number of aromatic hydroxyl groups is 2. The fourth-order valence-electron chi connectivity index (χ4n) is 5.09. The number of phenols is 2. The minimum absolute atomic E-state index is 0.210. The van der Waals surface area contributed by atoms with Crippen LogP contribution in [0.5, 0.6) is 23.0 Å². The second kappa shape index (κ2) is 11.0. The van der Waals surface area contributed by atoms with Gasteiger partial charge in [0.15, 0.2) is 0 Å². The molecule has 200 valence electrons. The summed E-state index contributed by atoms with van der Waals surface area (Å²) >= 11 is 0. The first kappa shape index (κ1) is 25.8. The van der Waals surface area contributed by atoms with Crippen LogP contribution in [0.4, 0.5) is 11.4 Å². The van der Waals surface area contributed by atoms with Crippen LogP contribution >= 0.6 is 0 Å². The number of phenolic OH excluding ortho intramolecular Hbond substituents is 2. The van der Waals surface area contributed by atoms with Crippen molar-refractivity contribution in [2.24, 2.45) is 9.98 Å².